The molecule has 9 rings (SSSR count). The number of imide groups is 2. The zero-order valence-electron chi connectivity index (χ0n) is 29.5. The van der Waals surface area contributed by atoms with Crippen molar-refractivity contribution < 1.29 is 28.7 Å². The van der Waals surface area contributed by atoms with Gasteiger partial charge in [0.25, 0.3) is 11.8 Å². The van der Waals surface area contributed by atoms with E-state index in [2.05, 4.69) is 26.7 Å². The molecule has 56 heavy (non-hydrogen) atoms. The molecule has 5 aromatic carbocycles. The van der Waals surface area contributed by atoms with Crippen LogP contribution in [0.25, 0.3) is 0 Å². The molecule has 2 aliphatic carbocycles. The summed E-state index contributed by atoms with van der Waals surface area (Å²) >= 11 is 9.93. The van der Waals surface area contributed by atoms with E-state index in [-0.39, 0.29) is 30.4 Å². The fourth-order valence-corrected chi connectivity index (χ4v) is 9.90. The van der Waals surface area contributed by atoms with Crippen LogP contribution in [0.4, 0.5) is 27.1 Å². The molecular weight excluding hydrogens is 799 g/mol. The van der Waals surface area contributed by atoms with Crippen molar-refractivity contribution in [3.05, 3.63) is 159 Å². The summed E-state index contributed by atoms with van der Waals surface area (Å²) in [6.07, 6.45) is 2.22. The summed E-state index contributed by atoms with van der Waals surface area (Å²) in [5.41, 5.74) is 5.32. The quantitative estimate of drug-likeness (QED) is 0.111. The summed E-state index contributed by atoms with van der Waals surface area (Å²) in [5, 5.41) is 16.3. The molecule has 4 amide bonds. The summed E-state index contributed by atoms with van der Waals surface area (Å²) < 4.78 is 14.5. The third-order valence-corrected chi connectivity index (χ3v) is 12.5. The number of halogens is 3. The van der Waals surface area contributed by atoms with Crippen molar-refractivity contribution in [3.63, 3.8) is 0 Å². The SMILES string of the molecule is O=C1[C@@H]2C[C@@H]3C(=CC[C@@H]4C(=O)N(c5ccc(Nc6ccccc6)cc5)C(=O)[C@@H]43)[C@H](c3cc(Br)ccc3O)[C@]2(c2ccc(Cl)cc2)C(=O)N1Nc1ccc(F)cc1. The Balaban J connectivity index is 1.16. The molecule has 6 atom stereocenters. The van der Waals surface area contributed by atoms with Crippen molar-refractivity contribution >= 4 is 73.9 Å². The van der Waals surface area contributed by atoms with Gasteiger partial charge in [0.2, 0.25) is 11.8 Å². The van der Waals surface area contributed by atoms with Gasteiger partial charge in [0, 0.05) is 32.4 Å². The maximum atomic E-state index is 15.3. The molecule has 0 bridgehead atoms. The Labute approximate surface area is 334 Å². The van der Waals surface area contributed by atoms with Crippen molar-refractivity contribution in [3.8, 4) is 5.75 Å². The van der Waals surface area contributed by atoms with Gasteiger partial charge >= 0.3 is 0 Å². The molecule has 0 unspecified atom stereocenters. The molecule has 0 spiro atoms. The molecule has 0 aromatic heterocycles. The summed E-state index contributed by atoms with van der Waals surface area (Å²) in [6, 6.07) is 33.7. The van der Waals surface area contributed by atoms with Gasteiger partial charge in [-0.3, -0.25) is 29.5 Å². The fourth-order valence-electron chi connectivity index (χ4n) is 9.39. The average molecular weight is 832 g/mol. The fraction of sp³-hybridized carbons (Fsp3) is 0.182. The lowest BCUT2D eigenvalue weighted by atomic mass is 9.49. The van der Waals surface area contributed by atoms with Crippen LogP contribution >= 0.6 is 27.5 Å². The molecule has 3 fully saturated rings. The normalized spacial score (nSPS) is 25.4. The van der Waals surface area contributed by atoms with Crippen molar-refractivity contribution in [1.82, 2.24) is 5.01 Å². The second-order valence-corrected chi connectivity index (χ2v) is 16.0. The molecule has 0 radical (unpaired) electrons. The largest absolute Gasteiger partial charge is 0.508 e. The zero-order valence-corrected chi connectivity index (χ0v) is 31.9. The molecule has 2 heterocycles. The average Bonchev–Trinajstić information content (AvgIpc) is 3.58. The maximum Gasteiger partial charge on any atom is 0.260 e. The number of hydrogen-bond acceptors (Lipinski definition) is 7. The number of allylic oxidation sites excluding steroid dienone is 2. The number of hydrazine groups is 1. The van der Waals surface area contributed by atoms with Gasteiger partial charge in [-0.1, -0.05) is 69.5 Å². The van der Waals surface area contributed by atoms with Crippen LogP contribution in [0.5, 0.6) is 5.75 Å². The van der Waals surface area contributed by atoms with Gasteiger partial charge < -0.3 is 10.4 Å². The molecule has 9 nitrogen and oxygen atoms in total. The van der Waals surface area contributed by atoms with E-state index in [4.69, 9.17) is 11.6 Å². The molecule has 280 valence electrons. The lowest BCUT2D eigenvalue weighted by Crippen LogP contribution is -2.53. The number of phenols is 1. The Morgan fingerprint density at radius 2 is 1.45 bits per heavy atom. The van der Waals surface area contributed by atoms with Crippen LogP contribution in [0.1, 0.15) is 29.9 Å². The van der Waals surface area contributed by atoms with E-state index in [0.717, 1.165) is 16.4 Å². The first-order valence-electron chi connectivity index (χ1n) is 18.2. The van der Waals surface area contributed by atoms with E-state index >= 15 is 4.79 Å². The number of aromatic hydroxyl groups is 1. The first-order valence-corrected chi connectivity index (χ1v) is 19.4. The summed E-state index contributed by atoms with van der Waals surface area (Å²) in [6.45, 7) is 0. The number of rotatable bonds is 7. The zero-order chi connectivity index (χ0) is 38.9. The van der Waals surface area contributed by atoms with Crippen LogP contribution in [-0.4, -0.2) is 33.7 Å². The summed E-state index contributed by atoms with van der Waals surface area (Å²) in [7, 11) is 0. The predicted molar refractivity (Wildman–Crippen MR) is 213 cm³/mol. The van der Waals surface area contributed by atoms with Crippen LogP contribution in [0.2, 0.25) is 5.02 Å². The van der Waals surface area contributed by atoms with E-state index in [1.165, 1.54) is 35.2 Å². The van der Waals surface area contributed by atoms with Gasteiger partial charge in [0.05, 0.1) is 34.5 Å². The number of nitrogens with one attached hydrogen (secondary N) is 2. The number of benzene rings is 5. The lowest BCUT2D eigenvalue weighted by Gasteiger charge is -2.50. The van der Waals surface area contributed by atoms with E-state index in [9.17, 15) is 23.9 Å². The number of nitrogens with zero attached hydrogens (tertiary/aromatic N) is 2. The highest BCUT2D eigenvalue weighted by molar-refractivity contribution is 9.10. The topological polar surface area (TPSA) is 119 Å². The van der Waals surface area contributed by atoms with E-state index in [1.54, 1.807) is 48.5 Å². The molecular formula is C44H33BrClFN4O5. The second kappa shape index (κ2) is 13.8. The minimum absolute atomic E-state index is 0.0693. The van der Waals surface area contributed by atoms with E-state index in [0.29, 0.717) is 37.6 Å². The van der Waals surface area contributed by atoms with Gasteiger partial charge in [-0.05, 0) is 115 Å². The highest BCUT2D eigenvalue weighted by atomic mass is 79.9. The van der Waals surface area contributed by atoms with Gasteiger partial charge in [-0.25, -0.2) is 4.39 Å². The number of carbonyl (C=O) groups is 4. The van der Waals surface area contributed by atoms with E-state index in [1.807, 2.05) is 48.5 Å². The van der Waals surface area contributed by atoms with Gasteiger partial charge in [-0.2, -0.15) is 5.01 Å². The Kier molecular flexibility index (Phi) is 8.82. The number of phenolic OH excluding ortho intramolecular Hbond substituents is 1. The van der Waals surface area contributed by atoms with Crippen LogP contribution < -0.4 is 15.6 Å². The Bertz CT molecular complexity index is 2450. The monoisotopic (exact) mass is 830 g/mol. The number of anilines is 4. The molecule has 5 aromatic rings. The Hall–Kier alpha value is -5.78. The Morgan fingerprint density at radius 3 is 2.16 bits per heavy atom. The highest BCUT2D eigenvalue weighted by Gasteiger charge is 2.70. The smallest absolute Gasteiger partial charge is 0.260 e. The van der Waals surface area contributed by atoms with Gasteiger partial charge in [0.1, 0.15) is 11.6 Å². The number of hydrogen-bond donors (Lipinski definition) is 3. The van der Waals surface area contributed by atoms with Crippen molar-refractivity contribution in [2.75, 3.05) is 15.6 Å². The minimum Gasteiger partial charge on any atom is -0.508 e. The van der Waals surface area contributed by atoms with Crippen molar-refractivity contribution in [1.29, 1.82) is 0 Å². The molecule has 1 saturated carbocycles. The molecule has 4 aliphatic rings. The molecule has 2 saturated heterocycles. The first-order chi connectivity index (χ1) is 27.1. The van der Waals surface area contributed by atoms with Crippen LogP contribution in [0, 0.1) is 29.5 Å². The molecule has 2 aliphatic heterocycles. The summed E-state index contributed by atoms with van der Waals surface area (Å²) in [4.78, 5) is 60.3. The summed E-state index contributed by atoms with van der Waals surface area (Å²) in [5.74, 6) is -6.57. The van der Waals surface area contributed by atoms with Gasteiger partial charge in [0.15, 0.2) is 0 Å². The second-order valence-electron chi connectivity index (χ2n) is 14.6. The van der Waals surface area contributed by atoms with Crippen LogP contribution in [0.15, 0.2) is 137 Å². The molecule has 3 N–H and O–H groups in total. The van der Waals surface area contributed by atoms with Crippen LogP contribution in [0.3, 0.4) is 0 Å². The van der Waals surface area contributed by atoms with Crippen LogP contribution in [-0.2, 0) is 24.6 Å². The number of fused-ring (bicyclic) bond motifs is 4. The Morgan fingerprint density at radius 1 is 0.768 bits per heavy atom. The van der Waals surface area contributed by atoms with Crippen molar-refractivity contribution in [2.45, 2.75) is 24.2 Å². The lowest BCUT2D eigenvalue weighted by molar-refractivity contribution is -0.138. The maximum absolute atomic E-state index is 15.3. The third-order valence-electron chi connectivity index (χ3n) is 11.7. The first kappa shape index (κ1) is 35.9. The number of carbonyl (C=O) groups excluding carboxylic acids is 4. The van der Waals surface area contributed by atoms with Gasteiger partial charge in [-0.15, -0.1) is 0 Å². The number of para-hydroxylation sites is 1. The minimum atomic E-state index is -1.62. The standard InChI is InChI=1S/C44H33BrClFN4O5/c45-25-8-21-37(52)35(22-25)39-32-19-20-33-38(42(55)50(40(33)53)31-17-15-29(16-18-31)48-28-4-2-1-3-5-28)34(32)23-36-41(54)51(49-30-13-11-27(47)12-14-30)43(56)44(36,39)24-6-9-26(46)10-7-24/h1-19,21-22,33-34,36,38-39,48-49,52H,20,23H2/t33-,34+,36-,38-,39+,44+/m0/s1. The number of amides is 4. The highest BCUT2D eigenvalue weighted by Crippen LogP contribution is 2.65. The third kappa shape index (κ3) is 5.63. The molecule has 12 heteroatoms. The van der Waals surface area contributed by atoms with E-state index < -0.39 is 52.6 Å². The van der Waals surface area contributed by atoms with Crippen molar-refractivity contribution in [2.24, 2.45) is 23.7 Å². The predicted octanol–water partition coefficient (Wildman–Crippen LogP) is 8.88.